The van der Waals surface area contributed by atoms with E-state index in [1.54, 1.807) is 18.3 Å². The van der Waals surface area contributed by atoms with Gasteiger partial charge in [-0.25, -0.2) is 4.99 Å². The van der Waals surface area contributed by atoms with Gasteiger partial charge in [0.1, 0.15) is 11.4 Å². The van der Waals surface area contributed by atoms with E-state index >= 15 is 0 Å². The molecule has 2 rings (SSSR count). The number of aliphatic imine (C=N–C) groups is 1. The zero-order valence-corrected chi connectivity index (χ0v) is 10.3. The molecule has 1 aromatic rings. The van der Waals surface area contributed by atoms with Crippen LogP contribution in [0.25, 0.3) is 0 Å². The maximum absolute atomic E-state index is 12.2. The second-order valence-electron chi connectivity index (χ2n) is 4.34. The van der Waals surface area contributed by atoms with Crippen LogP contribution in [0.15, 0.2) is 41.5 Å². The van der Waals surface area contributed by atoms with Crippen molar-refractivity contribution in [3.63, 3.8) is 0 Å². The molecule has 5 N–H and O–H groups in total. The molecule has 1 aliphatic heterocycles. The zero-order valence-electron chi connectivity index (χ0n) is 10.3. The standard InChI is InChI=1S/C12H13F3N4O/c13-12(14,15)20-9-3-1-2-8(6-9)7-11(17)4-5-18-10(16)19-11/h1-6H,7,17H2,(H3,16,18,19). The summed E-state index contributed by atoms with van der Waals surface area (Å²) in [6, 6.07) is 5.58. The Bertz CT molecular complexity index is 556. The van der Waals surface area contributed by atoms with Gasteiger partial charge in [-0.15, -0.1) is 13.2 Å². The Morgan fingerprint density at radius 1 is 1.35 bits per heavy atom. The van der Waals surface area contributed by atoms with Crippen molar-refractivity contribution in [1.29, 1.82) is 0 Å². The molecule has 1 aliphatic rings. The molecule has 1 unspecified atom stereocenters. The van der Waals surface area contributed by atoms with Crippen molar-refractivity contribution in [3.8, 4) is 5.75 Å². The normalized spacial score (nSPS) is 22.1. The molecule has 1 heterocycles. The lowest BCUT2D eigenvalue weighted by Gasteiger charge is -2.25. The summed E-state index contributed by atoms with van der Waals surface area (Å²) < 4.78 is 40.3. The molecule has 0 aromatic heterocycles. The van der Waals surface area contributed by atoms with E-state index < -0.39 is 12.0 Å². The average Bonchev–Trinajstić information content (AvgIpc) is 2.25. The van der Waals surface area contributed by atoms with Crippen LogP contribution < -0.4 is 21.5 Å². The van der Waals surface area contributed by atoms with Crippen molar-refractivity contribution in [2.45, 2.75) is 18.4 Å². The van der Waals surface area contributed by atoms with Crippen molar-refractivity contribution in [2.75, 3.05) is 0 Å². The SMILES string of the molecule is NC1=NC(N)(Cc2cccc(OC(F)(F)F)c2)C=CN1. The molecule has 0 aliphatic carbocycles. The third-order valence-corrected chi connectivity index (χ3v) is 2.55. The fourth-order valence-electron chi connectivity index (χ4n) is 1.84. The molecule has 20 heavy (non-hydrogen) atoms. The minimum Gasteiger partial charge on any atom is -0.406 e. The van der Waals surface area contributed by atoms with Gasteiger partial charge in [0.25, 0.3) is 0 Å². The van der Waals surface area contributed by atoms with Gasteiger partial charge in [-0.2, -0.15) is 0 Å². The monoisotopic (exact) mass is 286 g/mol. The number of nitrogens with one attached hydrogen (secondary N) is 1. The largest absolute Gasteiger partial charge is 0.573 e. The molecule has 8 heteroatoms. The van der Waals surface area contributed by atoms with Crippen molar-refractivity contribution in [2.24, 2.45) is 16.5 Å². The number of ether oxygens (including phenoxy) is 1. The lowest BCUT2D eigenvalue weighted by Crippen LogP contribution is -2.45. The summed E-state index contributed by atoms with van der Waals surface area (Å²) in [5.41, 5.74) is 11.0. The van der Waals surface area contributed by atoms with Crippen LogP contribution in [0, 0.1) is 0 Å². The second kappa shape index (κ2) is 5.04. The van der Waals surface area contributed by atoms with Gasteiger partial charge in [0.2, 0.25) is 0 Å². The molecular formula is C12H13F3N4O. The van der Waals surface area contributed by atoms with Crippen molar-refractivity contribution >= 4 is 5.96 Å². The molecule has 0 radical (unpaired) electrons. The molecule has 0 amide bonds. The molecule has 5 nitrogen and oxygen atoms in total. The fraction of sp³-hybridized carbons (Fsp3) is 0.250. The van der Waals surface area contributed by atoms with Crippen LogP contribution in [-0.2, 0) is 6.42 Å². The first kappa shape index (κ1) is 14.2. The number of benzene rings is 1. The Balaban J connectivity index is 2.16. The average molecular weight is 286 g/mol. The topological polar surface area (TPSA) is 85.7 Å². The van der Waals surface area contributed by atoms with E-state index in [4.69, 9.17) is 11.5 Å². The van der Waals surface area contributed by atoms with Gasteiger partial charge in [0, 0.05) is 12.6 Å². The quantitative estimate of drug-likeness (QED) is 0.779. The smallest absolute Gasteiger partial charge is 0.406 e. The van der Waals surface area contributed by atoms with Crippen molar-refractivity contribution < 1.29 is 17.9 Å². The molecular weight excluding hydrogens is 273 g/mol. The highest BCUT2D eigenvalue weighted by atomic mass is 19.4. The first-order chi connectivity index (χ1) is 9.26. The molecule has 1 atom stereocenters. The maximum atomic E-state index is 12.2. The van der Waals surface area contributed by atoms with Crippen molar-refractivity contribution in [3.05, 3.63) is 42.1 Å². The van der Waals surface area contributed by atoms with Crippen LogP contribution in [0.4, 0.5) is 13.2 Å². The summed E-state index contributed by atoms with van der Waals surface area (Å²) in [5, 5.41) is 2.66. The van der Waals surface area contributed by atoms with Crippen molar-refractivity contribution in [1.82, 2.24) is 5.32 Å². The number of hydrogen-bond donors (Lipinski definition) is 3. The van der Waals surface area contributed by atoms with E-state index in [0.29, 0.717) is 5.56 Å². The summed E-state index contributed by atoms with van der Waals surface area (Å²) in [6.07, 6.45) is -1.41. The summed E-state index contributed by atoms with van der Waals surface area (Å²) >= 11 is 0. The predicted molar refractivity (Wildman–Crippen MR) is 67.6 cm³/mol. The van der Waals surface area contributed by atoms with E-state index in [-0.39, 0.29) is 18.1 Å². The van der Waals surface area contributed by atoms with Crippen LogP contribution >= 0.6 is 0 Å². The van der Waals surface area contributed by atoms with E-state index in [9.17, 15) is 13.2 Å². The third kappa shape index (κ3) is 3.89. The molecule has 0 saturated carbocycles. The molecule has 1 aromatic carbocycles. The molecule has 0 saturated heterocycles. The minimum absolute atomic E-state index is 0.151. The first-order valence-electron chi connectivity index (χ1n) is 5.69. The lowest BCUT2D eigenvalue weighted by molar-refractivity contribution is -0.274. The Morgan fingerprint density at radius 2 is 2.10 bits per heavy atom. The fourth-order valence-corrected chi connectivity index (χ4v) is 1.84. The Hall–Kier alpha value is -2.22. The highest BCUT2D eigenvalue weighted by molar-refractivity contribution is 5.80. The lowest BCUT2D eigenvalue weighted by atomic mass is 10.00. The maximum Gasteiger partial charge on any atom is 0.573 e. The Labute approximate surface area is 113 Å². The van der Waals surface area contributed by atoms with Gasteiger partial charge in [-0.3, -0.25) is 0 Å². The number of rotatable bonds is 3. The summed E-state index contributed by atoms with van der Waals surface area (Å²) in [6.45, 7) is 0. The van der Waals surface area contributed by atoms with Crippen LogP contribution in [0.3, 0.4) is 0 Å². The van der Waals surface area contributed by atoms with E-state index in [0.717, 1.165) is 0 Å². The van der Waals surface area contributed by atoms with Gasteiger partial charge in [0.15, 0.2) is 5.96 Å². The second-order valence-corrected chi connectivity index (χ2v) is 4.34. The van der Waals surface area contributed by atoms with Crippen LogP contribution in [0.5, 0.6) is 5.75 Å². The summed E-state index contributed by atoms with van der Waals surface area (Å²) in [4.78, 5) is 4.02. The van der Waals surface area contributed by atoms with E-state index in [1.807, 2.05) is 0 Å². The molecule has 0 fully saturated rings. The van der Waals surface area contributed by atoms with Gasteiger partial charge >= 0.3 is 6.36 Å². The van der Waals surface area contributed by atoms with Crippen LogP contribution in [-0.4, -0.2) is 18.0 Å². The Kier molecular flexibility index (Phi) is 3.58. The van der Waals surface area contributed by atoms with Gasteiger partial charge < -0.3 is 21.5 Å². The number of hydrogen-bond acceptors (Lipinski definition) is 5. The molecule has 108 valence electrons. The summed E-state index contributed by atoms with van der Waals surface area (Å²) in [7, 11) is 0. The molecule has 0 bridgehead atoms. The summed E-state index contributed by atoms with van der Waals surface area (Å²) in [5.74, 6) is -0.147. The van der Waals surface area contributed by atoms with E-state index in [1.165, 1.54) is 18.2 Å². The molecule has 0 spiro atoms. The first-order valence-corrected chi connectivity index (χ1v) is 5.69. The van der Waals surface area contributed by atoms with Gasteiger partial charge in [-0.05, 0) is 23.8 Å². The van der Waals surface area contributed by atoms with Gasteiger partial charge in [-0.1, -0.05) is 12.1 Å². The van der Waals surface area contributed by atoms with E-state index in [2.05, 4.69) is 15.0 Å². The predicted octanol–water partition coefficient (Wildman–Crippen LogP) is 1.21. The number of nitrogens with two attached hydrogens (primary N) is 2. The minimum atomic E-state index is -4.73. The van der Waals surface area contributed by atoms with Crippen LogP contribution in [0.2, 0.25) is 0 Å². The number of halogens is 3. The number of nitrogens with zero attached hydrogens (tertiary/aromatic N) is 1. The van der Waals surface area contributed by atoms with Crippen LogP contribution in [0.1, 0.15) is 5.56 Å². The number of guanidine groups is 1. The number of alkyl halides is 3. The van der Waals surface area contributed by atoms with Gasteiger partial charge in [0.05, 0.1) is 0 Å². The zero-order chi connectivity index (χ0) is 14.8. The third-order valence-electron chi connectivity index (χ3n) is 2.55. The highest BCUT2D eigenvalue weighted by Crippen LogP contribution is 2.25. The highest BCUT2D eigenvalue weighted by Gasteiger charge is 2.31. The Morgan fingerprint density at radius 3 is 2.75 bits per heavy atom.